The van der Waals surface area contributed by atoms with Crippen LogP contribution in [0, 0.1) is 0 Å². The van der Waals surface area contributed by atoms with Gasteiger partial charge in [0.15, 0.2) is 0 Å². The molecule has 0 saturated heterocycles. The highest BCUT2D eigenvalue weighted by Crippen LogP contribution is 2.38. The third-order valence-corrected chi connectivity index (χ3v) is 14.4. The van der Waals surface area contributed by atoms with Crippen LogP contribution in [0.4, 0.5) is 0 Å². The topological polar surface area (TPSA) is 108 Å². The summed E-state index contributed by atoms with van der Waals surface area (Å²) in [5, 5.41) is 14.0. The van der Waals surface area contributed by atoms with E-state index in [1.165, 1.54) is 199 Å². The number of likely N-dealkylation sites (N-methyl/N-ethyl adjacent to an activating group) is 1. The molecule has 0 fully saturated rings. The van der Waals surface area contributed by atoms with E-state index in [1.54, 1.807) is 0 Å². The molecule has 3 atom stereocenters. The number of hydrogen-bond acceptors (Lipinski definition) is 6. The van der Waals surface area contributed by atoms with Crippen LogP contribution in [0.2, 0.25) is 0 Å². The van der Waals surface area contributed by atoms with Gasteiger partial charge < -0.3 is 28.8 Å². The minimum absolute atomic E-state index is 0.0103. The molecule has 0 saturated carbocycles. The second-order valence-electron chi connectivity index (χ2n) is 21.4. The van der Waals surface area contributed by atoms with Crippen molar-refractivity contribution in [2.24, 2.45) is 0 Å². The van der Waals surface area contributed by atoms with Crippen molar-refractivity contribution in [3.05, 3.63) is 24.3 Å². The third kappa shape index (κ3) is 52.6. The average Bonchev–Trinajstić information content (AvgIpc) is 3.29. The van der Waals surface area contributed by atoms with Gasteiger partial charge in [-0.05, 0) is 44.9 Å². The van der Waals surface area contributed by atoms with Crippen LogP contribution in [0.3, 0.4) is 0 Å². The van der Waals surface area contributed by atoms with E-state index in [4.69, 9.17) is 9.05 Å². The first-order valence-corrected chi connectivity index (χ1v) is 30.6. The van der Waals surface area contributed by atoms with Gasteiger partial charge in [0.25, 0.3) is 7.82 Å². The Morgan fingerprint density at radius 2 is 0.866 bits per heavy atom. The van der Waals surface area contributed by atoms with Gasteiger partial charge in [0.1, 0.15) is 13.2 Å². The molecule has 0 aliphatic heterocycles. The Hall–Kier alpha value is -1.02. The minimum Gasteiger partial charge on any atom is -0.756 e. The number of unbranched alkanes of at least 4 members (excludes halogenated alkanes) is 37. The number of phosphoric ester groups is 1. The summed E-state index contributed by atoms with van der Waals surface area (Å²) in [6.07, 6.45) is 62.2. The summed E-state index contributed by atoms with van der Waals surface area (Å²) in [6.45, 7) is 4.72. The summed E-state index contributed by atoms with van der Waals surface area (Å²) in [5.41, 5.74) is 0. The van der Waals surface area contributed by atoms with Crippen LogP contribution < -0.4 is 10.2 Å². The van der Waals surface area contributed by atoms with Crippen molar-refractivity contribution in [3.8, 4) is 0 Å². The van der Waals surface area contributed by atoms with Crippen LogP contribution in [0.15, 0.2) is 24.3 Å². The first-order valence-electron chi connectivity index (χ1n) is 29.2. The summed E-state index contributed by atoms with van der Waals surface area (Å²) >= 11 is 0. The van der Waals surface area contributed by atoms with E-state index >= 15 is 0 Å². The number of quaternary nitrogens is 1. The highest BCUT2D eigenvalue weighted by atomic mass is 31.2. The van der Waals surface area contributed by atoms with Crippen LogP contribution in [0.1, 0.15) is 290 Å². The van der Waals surface area contributed by atoms with Crippen molar-refractivity contribution in [2.75, 3.05) is 40.9 Å². The predicted molar refractivity (Wildman–Crippen MR) is 289 cm³/mol. The molecular formula is C58H115N2O6P. The molecule has 0 bridgehead atoms. The molecule has 0 aromatic carbocycles. The summed E-state index contributed by atoms with van der Waals surface area (Å²) in [6, 6.07) is -0.807. The van der Waals surface area contributed by atoms with Crippen molar-refractivity contribution < 1.29 is 32.9 Å². The Kier molecular flexibility index (Phi) is 49.2. The van der Waals surface area contributed by atoms with Gasteiger partial charge in [-0.3, -0.25) is 9.36 Å². The molecule has 0 radical (unpaired) electrons. The van der Waals surface area contributed by atoms with Gasteiger partial charge in [-0.1, -0.05) is 263 Å². The fourth-order valence-electron chi connectivity index (χ4n) is 8.84. The Balaban J connectivity index is 4.05. The van der Waals surface area contributed by atoms with Crippen LogP contribution in [-0.2, 0) is 18.4 Å². The largest absolute Gasteiger partial charge is 0.756 e. The summed E-state index contributed by atoms with van der Waals surface area (Å²) in [5.74, 6) is -0.175. The number of nitrogens with zero attached hydrogens (tertiary/aromatic N) is 1. The lowest BCUT2D eigenvalue weighted by atomic mass is 10.0. The van der Waals surface area contributed by atoms with Crippen molar-refractivity contribution in [2.45, 2.75) is 302 Å². The SMILES string of the molecule is CCCCC/C=C\C/C=C\CCCCCCCC(=O)NC(COP(=O)([O-])OCC[N+](C)(C)C)C(O)CCCCCCCCCCCCCCCCCCCCCCCCCCCCCCCC. The molecule has 0 spiro atoms. The summed E-state index contributed by atoms with van der Waals surface area (Å²) < 4.78 is 23.4. The lowest BCUT2D eigenvalue weighted by Gasteiger charge is -2.30. The maximum Gasteiger partial charge on any atom is 0.268 e. The number of carbonyl (C=O) groups is 1. The van der Waals surface area contributed by atoms with Gasteiger partial charge in [0.05, 0.1) is 39.9 Å². The Labute approximate surface area is 417 Å². The number of nitrogens with one attached hydrogen (secondary N) is 1. The average molecular weight is 968 g/mol. The summed E-state index contributed by atoms with van der Waals surface area (Å²) in [4.78, 5) is 25.5. The minimum atomic E-state index is -4.57. The van der Waals surface area contributed by atoms with Gasteiger partial charge in [-0.2, -0.15) is 0 Å². The van der Waals surface area contributed by atoms with Crippen LogP contribution in [0.5, 0.6) is 0 Å². The number of allylic oxidation sites excluding steroid dienone is 4. The molecule has 2 N–H and O–H groups in total. The first-order chi connectivity index (χ1) is 32.5. The smallest absolute Gasteiger partial charge is 0.268 e. The molecule has 67 heavy (non-hydrogen) atoms. The second kappa shape index (κ2) is 49.9. The molecule has 8 nitrogen and oxygen atoms in total. The summed E-state index contributed by atoms with van der Waals surface area (Å²) in [7, 11) is 1.30. The van der Waals surface area contributed by atoms with Crippen LogP contribution in [-0.4, -0.2) is 68.5 Å². The number of aliphatic hydroxyl groups excluding tert-OH is 1. The zero-order valence-electron chi connectivity index (χ0n) is 45.4. The van der Waals surface area contributed by atoms with Crippen molar-refractivity contribution in [1.29, 1.82) is 0 Å². The Bertz CT molecular complexity index is 1140. The van der Waals surface area contributed by atoms with E-state index in [0.29, 0.717) is 23.9 Å². The normalized spacial score (nSPS) is 14.1. The van der Waals surface area contributed by atoms with Crippen molar-refractivity contribution in [3.63, 3.8) is 0 Å². The second-order valence-corrected chi connectivity index (χ2v) is 22.8. The van der Waals surface area contributed by atoms with Crippen LogP contribution >= 0.6 is 7.82 Å². The molecular weight excluding hydrogens is 852 g/mol. The molecule has 0 aliphatic rings. The fraction of sp³-hybridized carbons (Fsp3) is 0.914. The monoisotopic (exact) mass is 967 g/mol. The number of hydrogen-bond donors (Lipinski definition) is 2. The van der Waals surface area contributed by atoms with Gasteiger partial charge in [-0.25, -0.2) is 0 Å². The zero-order chi connectivity index (χ0) is 49.2. The lowest BCUT2D eigenvalue weighted by Crippen LogP contribution is -2.46. The molecule has 1 amide bonds. The van der Waals surface area contributed by atoms with Gasteiger partial charge >= 0.3 is 0 Å². The quantitative estimate of drug-likeness (QED) is 0.0272. The van der Waals surface area contributed by atoms with E-state index in [-0.39, 0.29) is 19.1 Å². The highest BCUT2D eigenvalue weighted by molar-refractivity contribution is 7.45. The number of aliphatic hydroxyl groups is 1. The standard InChI is InChI=1S/C58H115N2O6P/c1-6-8-10-12-14-16-18-20-22-23-24-25-26-27-28-29-30-31-32-33-34-35-36-38-39-41-43-45-47-49-51-57(61)56(55-66-67(63,64)65-54-53-60(3,4)5)59-58(62)52-50-48-46-44-42-40-37-21-19-17-15-13-11-9-7-2/h15,17,21,37,56-57,61H,6-14,16,18-20,22-36,38-55H2,1-5H3,(H-,59,62,63,64)/b17-15-,37-21-. The van der Waals surface area contributed by atoms with E-state index in [2.05, 4.69) is 43.5 Å². The molecule has 3 unspecified atom stereocenters. The molecule has 398 valence electrons. The Morgan fingerprint density at radius 1 is 0.522 bits per heavy atom. The molecule has 0 rings (SSSR count). The number of carbonyl (C=O) groups excluding carboxylic acids is 1. The lowest BCUT2D eigenvalue weighted by molar-refractivity contribution is -0.870. The molecule has 0 heterocycles. The number of phosphoric acid groups is 1. The Morgan fingerprint density at radius 3 is 1.27 bits per heavy atom. The van der Waals surface area contributed by atoms with E-state index < -0.39 is 20.0 Å². The molecule has 0 aliphatic carbocycles. The number of rotatable bonds is 54. The predicted octanol–water partition coefficient (Wildman–Crippen LogP) is 17.0. The number of amides is 1. The molecule has 0 aromatic heterocycles. The van der Waals surface area contributed by atoms with Crippen LogP contribution in [0.25, 0.3) is 0 Å². The fourth-order valence-corrected chi connectivity index (χ4v) is 9.56. The maximum absolute atomic E-state index is 12.9. The third-order valence-electron chi connectivity index (χ3n) is 13.4. The highest BCUT2D eigenvalue weighted by Gasteiger charge is 2.24. The first kappa shape index (κ1) is 66.0. The zero-order valence-corrected chi connectivity index (χ0v) is 46.3. The van der Waals surface area contributed by atoms with Gasteiger partial charge in [-0.15, -0.1) is 0 Å². The van der Waals surface area contributed by atoms with Gasteiger partial charge in [0.2, 0.25) is 5.91 Å². The van der Waals surface area contributed by atoms with Crippen molar-refractivity contribution in [1.82, 2.24) is 5.32 Å². The van der Waals surface area contributed by atoms with Crippen molar-refractivity contribution >= 4 is 13.7 Å². The van der Waals surface area contributed by atoms with E-state index in [1.807, 2.05) is 21.1 Å². The molecule has 0 aromatic rings. The van der Waals surface area contributed by atoms with Gasteiger partial charge in [0, 0.05) is 6.42 Å². The van der Waals surface area contributed by atoms with E-state index in [0.717, 1.165) is 64.2 Å². The maximum atomic E-state index is 12.9. The molecule has 9 heteroatoms. The van der Waals surface area contributed by atoms with E-state index in [9.17, 15) is 19.4 Å².